The number of anilines is 1. The largest absolute Gasteiger partial charge is 0.350 e. The molecule has 1 atom stereocenters. The van der Waals surface area contributed by atoms with Crippen LogP contribution in [0.15, 0.2) is 41.3 Å². The van der Waals surface area contributed by atoms with Crippen molar-refractivity contribution in [3.63, 3.8) is 0 Å². The minimum Gasteiger partial charge on any atom is -0.350 e. The summed E-state index contributed by atoms with van der Waals surface area (Å²) in [5.41, 5.74) is 3.37. The van der Waals surface area contributed by atoms with Gasteiger partial charge in [0.25, 0.3) is 15.9 Å². The number of amides is 1. The number of carbonyl (C=O) groups excluding carboxylic acids is 1. The summed E-state index contributed by atoms with van der Waals surface area (Å²) in [4.78, 5) is 12.4. The third kappa shape index (κ3) is 4.85. The Balaban J connectivity index is 2.36. The fourth-order valence-electron chi connectivity index (χ4n) is 2.68. The molecular formula is C20H26N2O3S. The molecule has 2 aromatic rings. The van der Waals surface area contributed by atoms with Crippen LogP contribution in [0.5, 0.6) is 0 Å². The van der Waals surface area contributed by atoms with Crippen LogP contribution in [0.3, 0.4) is 0 Å². The zero-order valence-electron chi connectivity index (χ0n) is 15.9. The molecule has 0 radical (unpaired) electrons. The van der Waals surface area contributed by atoms with Gasteiger partial charge in [-0.25, -0.2) is 8.42 Å². The van der Waals surface area contributed by atoms with E-state index in [1.54, 1.807) is 31.2 Å². The van der Waals surface area contributed by atoms with E-state index in [-0.39, 0.29) is 16.8 Å². The van der Waals surface area contributed by atoms with Gasteiger partial charge in [-0.1, -0.05) is 19.1 Å². The lowest BCUT2D eigenvalue weighted by atomic mass is 10.1. The Kier molecular flexibility index (Phi) is 6.08. The number of sulfonamides is 1. The summed E-state index contributed by atoms with van der Waals surface area (Å²) in [6.45, 7) is 9.42. The first kappa shape index (κ1) is 20.0. The zero-order chi connectivity index (χ0) is 19.5. The van der Waals surface area contributed by atoms with Crippen molar-refractivity contribution in [2.75, 3.05) is 4.72 Å². The number of hydrogen-bond donors (Lipinski definition) is 2. The van der Waals surface area contributed by atoms with Crippen molar-refractivity contribution in [1.29, 1.82) is 0 Å². The molecule has 140 valence electrons. The Bertz CT molecular complexity index is 900. The second-order valence-corrected chi connectivity index (χ2v) is 8.40. The second-order valence-electron chi connectivity index (χ2n) is 6.74. The van der Waals surface area contributed by atoms with Gasteiger partial charge >= 0.3 is 0 Å². The molecule has 0 spiro atoms. The normalized spacial score (nSPS) is 12.5. The van der Waals surface area contributed by atoms with Gasteiger partial charge in [-0.3, -0.25) is 9.52 Å². The fraction of sp³-hybridized carbons (Fsp3) is 0.350. The molecule has 2 rings (SSSR count). The highest BCUT2D eigenvalue weighted by Gasteiger charge is 2.20. The SMILES string of the molecule is CC[C@@H](C)NC(=O)c1ccc(C)c(S(=O)(=O)Nc2cc(C)cc(C)c2)c1. The maximum atomic E-state index is 12.9. The number of benzene rings is 2. The summed E-state index contributed by atoms with van der Waals surface area (Å²) in [6.07, 6.45) is 0.803. The first-order valence-corrected chi connectivity index (χ1v) is 10.1. The molecule has 0 saturated heterocycles. The van der Waals surface area contributed by atoms with Gasteiger partial charge in [-0.05, 0) is 75.1 Å². The van der Waals surface area contributed by atoms with Crippen molar-refractivity contribution in [2.24, 2.45) is 0 Å². The van der Waals surface area contributed by atoms with E-state index in [9.17, 15) is 13.2 Å². The van der Waals surface area contributed by atoms with Gasteiger partial charge in [0.15, 0.2) is 0 Å². The number of aryl methyl sites for hydroxylation is 3. The molecule has 0 unspecified atom stereocenters. The summed E-state index contributed by atoms with van der Waals surface area (Å²) in [5, 5.41) is 2.85. The van der Waals surface area contributed by atoms with E-state index in [4.69, 9.17) is 0 Å². The summed E-state index contributed by atoms with van der Waals surface area (Å²) >= 11 is 0. The molecule has 1 amide bonds. The fourth-order valence-corrected chi connectivity index (χ4v) is 4.00. The Morgan fingerprint density at radius 3 is 2.23 bits per heavy atom. The van der Waals surface area contributed by atoms with Crippen molar-refractivity contribution in [3.05, 3.63) is 58.7 Å². The molecule has 2 N–H and O–H groups in total. The molecular weight excluding hydrogens is 348 g/mol. The molecule has 26 heavy (non-hydrogen) atoms. The molecule has 0 aliphatic heterocycles. The molecule has 0 fully saturated rings. The number of carbonyl (C=O) groups is 1. The Morgan fingerprint density at radius 2 is 1.65 bits per heavy atom. The van der Waals surface area contributed by atoms with Crippen molar-refractivity contribution < 1.29 is 13.2 Å². The minimum atomic E-state index is -3.80. The number of hydrogen-bond acceptors (Lipinski definition) is 3. The van der Waals surface area contributed by atoms with E-state index < -0.39 is 10.0 Å². The van der Waals surface area contributed by atoms with Crippen LogP contribution in [-0.2, 0) is 10.0 Å². The van der Waals surface area contributed by atoms with Crippen LogP contribution in [0.25, 0.3) is 0 Å². The third-order valence-corrected chi connectivity index (χ3v) is 5.73. The van der Waals surface area contributed by atoms with Crippen LogP contribution in [0.1, 0.15) is 47.3 Å². The van der Waals surface area contributed by atoms with Crippen LogP contribution >= 0.6 is 0 Å². The van der Waals surface area contributed by atoms with Crippen molar-refractivity contribution in [1.82, 2.24) is 5.32 Å². The lowest BCUT2D eigenvalue weighted by Crippen LogP contribution is -2.32. The maximum Gasteiger partial charge on any atom is 0.262 e. The number of rotatable bonds is 6. The van der Waals surface area contributed by atoms with Gasteiger partial charge < -0.3 is 5.32 Å². The highest BCUT2D eigenvalue weighted by atomic mass is 32.2. The van der Waals surface area contributed by atoms with E-state index in [0.29, 0.717) is 16.8 Å². The van der Waals surface area contributed by atoms with Crippen LogP contribution < -0.4 is 10.0 Å². The summed E-state index contributed by atoms with van der Waals surface area (Å²) in [7, 11) is -3.80. The topological polar surface area (TPSA) is 75.3 Å². The minimum absolute atomic E-state index is 0.0252. The molecule has 0 saturated carbocycles. The highest BCUT2D eigenvalue weighted by molar-refractivity contribution is 7.92. The monoisotopic (exact) mass is 374 g/mol. The van der Waals surface area contributed by atoms with E-state index >= 15 is 0 Å². The average molecular weight is 375 g/mol. The van der Waals surface area contributed by atoms with Crippen LogP contribution in [-0.4, -0.2) is 20.4 Å². The first-order valence-electron chi connectivity index (χ1n) is 8.65. The van der Waals surface area contributed by atoms with Crippen molar-refractivity contribution in [2.45, 2.75) is 52.0 Å². The van der Waals surface area contributed by atoms with Crippen LogP contribution in [0.4, 0.5) is 5.69 Å². The zero-order valence-corrected chi connectivity index (χ0v) is 16.7. The van der Waals surface area contributed by atoms with Gasteiger partial charge in [-0.15, -0.1) is 0 Å². The highest BCUT2D eigenvalue weighted by Crippen LogP contribution is 2.22. The molecule has 0 bridgehead atoms. The van der Waals surface area contributed by atoms with Gasteiger partial charge in [0.1, 0.15) is 0 Å². The van der Waals surface area contributed by atoms with Crippen molar-refractivity contribution >= 4 is 21.6 Å². The van der Waals surface area contributed by atoms with E-state index in [1.165, 1.54) is 6.07 Å². The second kappa shape index (κ2) is 7.91. The average Bonchev–Trinajstić information content (AvgIpc) is 2.53. The Labute approximate surface area is 155 Å². The molecule has 0 aromatic heterocycles. The van der Waals surface area contributed by atoms with Crippen molar-refractivity contribution in [3.8, 4) is 0 Å². The van der Waals surface area contributed by atoms with Crippen LogP contribution in [0, 0.1) is 20.8 Å². The van der Waals surface area contributed by atoms with Crippen LogP contribution in [0.2, 0.25) is 0 Å². The molecule has 5 nitrogen and oxygen atoms in total. The van der Waals surface area contributed by atoms with Gasteiger partial charge in [0, 0.05) is 17.3 Å². The van der Waals surface area contributed by atoms with Gasteiger partial charge in [0.05, 0.1) is 4.90 Å². The quantitative estimate of drug-likeness (QED) is 0.804. The summed E-state index contributed by atoms with van der Waals surface area (Å²) < 4.78 is 28.3. The standard InChI is InChI=1S/C20H26N2O3S/c1-6-16(5)21-20(23)17-8-7-15(4)19(12-17)26(24,25)22-18-10-13(2)9-14(3)11-18/h7-12,16,22H,6H2,1-5H3,(H,21,23)/t16-/m1/s1. The lowest BCUT2D eigenvalue weighted by Gasteiger charge is -2.14. The predicted molar refractivity (Wildman–Crippen MR) is 105 cm³/mol. The lowest BCUT2D eigenvalue weighted by molar-refractivity contribution is 0.0939. The van der Waals surface area contributed by atoms with E-state index in [2.05, 4.69) is 10.0 Å². The molecule has 6 heteroatoms. The number of nitrogens with one attached hydrogen (secondary N) is 2. The molecule has 0 aliphatic rings. The summed E-state index contributed by atoms with van der Waals surface area (Å²) in [5.74, 6) is -0.276. The smallest absolute Gasteiger partial charge is 0.262 e. The first-order chi connectivity index (χ1) is 12.1. The summed E-state index contributed by atoms with van der Waals surface area (Å²) in [6, 6.07) is 10.3. The molecule has 2 aromatic carbocycles. The molecule has 0 aliphatic carbocycles. The van der Waals surface area contributed by atoms with E-state index in [0.717, 1.165) is 17.5 Å². The Morgan fingerprint density at radius 1 is 1.04 bits per heavy atom. The third-order valence-electron chi connectivity index (χ3n) is 4.20. The van der Waals surface area contributed by atoms with Gasteiger partial charge in [0.2, 0.25) is 0 Å². The predicted octanol–water partition coefficient (Wildman–Crippen LogP) is 3.94. The van der Waals surface area contributed by atoms with Gasteiger partial charge in [-0.2, -0.15) is 0 Å². The van der Waals surface area contributed by atoms with E-state index in [1.807, 2.05) is 33.8 Å². The Hall–Kier alpha value is -2.34. The maximum absolute atomic E-state index is 12.9. The molecule has 0 heterocycles.